The first-order valence-electron chi connectivity index (χ1n) is 8.08. The number of hydrogen-bond donors (Lipinski definition) is 1. The van der Waals surface area contributed by atoms with Gasteiger partial charge in [0.25, 0.3) is 0 Å². The molecule has 0 aliphatic heterocycles. The second-order valence-corrected chi connectivity index (χ2v) is 7.12. The summed E-state index contributed by atoms with van der Waals surface area (Å²) in [6, 6.07) is 15.5. The number of anilines is 1. The second kappa shape index (κ2) is 8.78. The van der Waals surface area contributed by atoms with Gasteiger partial charge in [-0.05, 0) is 31.2 Å². The minimum absolute atomic E-state index is 0.235. The molecule has 0 spiro atoms. The number of carbonyl (C=O) groups excluding carboxylic acids is 1. The van der Waals surface area contributed by atoms with Crippen molar-refractivity contribution in [3.05, 3.63) is 70.0 Å². The predicted molar refractivity (Wildman–Crippen MR) is 111 cm³/mol. The Hall–Kier alpha value is -2.44. The van der Waals surface area contributed by atoms with Gasteiger partial charge < -0.3 is 4.74 Å². The van der Waals surface area contributed by atoms with E-state index < -0.39 is 0 Å². The van der Waals surface area contributed by atoms with Crippen LogP contribution >= 0.6 is 27.3 Å². The largest absolute Gasteiger partial charge is 0.493 e. The SMILES string of the molecule is CCOc1ccc(Br)cc1C=CC(=O)Nc1nc(-c2ccccc2)cs1. The highest BCUT2D eigenvalue weighted by Crippen LogP contribution is 2.26. The van der Waals surface area contributed by atoms with Gasteiger partial charge in [-0.15, -0.1) is 11.3 Å². The van der Waals surface area contributed by atoms with Gasteiger partial charge in [0, 0.05) is 27.1 Å². The van der Waals surface area contributed by atoms with Gasteiger partial charge in [-0.3, -0.25) is 10.1 Å². The third-order valence-corrected chi connectivity index (χ3v) is 4.74. The van der Waals surface area contributed by atoms with Crippen molar-refractivity contribution in [2.75, 3.05) is 11.9 Å². The Labute approximate surface area is 164 Å². The smallest absolute Gasteiger partial charge is 0.250 e. The fraction of sp³-hybridized carbons (Fsp3) is 0.100. The number of halogens is 1. The Morgan fingerprint density at radius 3 is 2.85 bits per heavy atom. The van der Waals surface area contributed by atoms with E-state index in [0.717, 1.165) is 27.0 Å². The zero-order valence-electron chi connectivity index (χ0n) is 14.1. The average molecular weight is 429 g/mol. The van der Waals surface area contributed by atoms with E-state index >= 15 is 0 Å². The van der Waals surface area contributed by atoms with Gasteiger partial charge in [-0.2, -0.15) is 0 Å². The lowest BCUT2D eigenvalue weighted by Crippen LogP contribution is -2.07. The Morgan fingerprint density at radius 1 is 1.27 bits per heavy atom. The topological polar surface area (TPSA) is 51.2 Å². The number of carbonyl (C=O) groups is 1. The van der Waals surface area contributed by atoms with Crippen LogP contribution in [0.3, 0.4) is 0 Å². The second-order valence-electron chi connectivity index (χ2n) is 5.34. The normalized spacial score (nSPS) is 10.8. The molecule has 0 bridgehead atoms. The third kappa shape index (κ3) is 4.80. The molecule has 0 radical (unpaired) electrons. The third-order valence-electron chi connectivity index (χ3n) is 3.49. The molecule has 3 aromatic rings. The van der Waals surface area contributed by atoms with Crippen molar-refractivity contribution >= 4 is 44.4 Å². The van der Waals surface area contributed by atoms with Gasteiger partial charge in [-0.25, -0.2) is 4.98 Å². The first kappa shape index (κ1) is 18.4. The molecule has 1 aromatic heterocycles. The summed E-state index contributed by atoms with van der Waals surface area (Å²) in [4.78, 5) is 16.7. The summed E-state index contributed by atoms with van der Waals surface area (Å²) in [5, 5.41) is 5.29. The van der Waals surface area contributed by atoms with Crippen LogP contribution in [0, 0.1) is 0 Å². The van der Waals surface area contributed by atoms with Gasteiger partial charge in [0.15, 0.2) is 5.13 Å². The van der Waals surface area contributed by atoms with E-state index in [0.29, 0.717) is 11.7 Å². The van der Waals surface area contributed by atoms with Crippen LogP contribution in [0.5, 0.6) is 5.75 Å². The maximum Gasteiger partial charge on any atom is 0.250 e. The Bertz CT molecular complexity index is 923. The lowest BCUT2D eigenvalue weighted by molar-refractivity contribution is -0.111. The average Bonchev–Trinajstić information content (AvgIpc) is 3.11. The van der Waals surface area contributed by atoms with Gasteiger partial charge in [0.05, 0.1) is 12.3 Å². The molecule has 1 amide bonds. The maximum absolute atomic E-state index is 12.2. The Balaban J connectivity index is 1.69. The number of benzene rings is 2. The molecule has 1 N–H and O–H groups in total. The highest BCUT2D eigenvalue weighted by Gasteiger charge is 2.07. The molecule has 0 atom stereocenters. The van der Waals surface area contributed by atoms with Crippen molar-refractivity contribution in [2.45, 2.75) is 6.92 Å². The molecular formula is C20H17BrN2O2S. The number of aromatic nitrogens is 1. The molecule has 0 aliphatic carbocycles. The van der Waals surface area contributed by atoms with E-state index in [1.165, 1.54) is 17.4 Å². The number of hydrogen-bond acceptors (Lipinski definition) is 4. The van der Waals surface area contributed by atoms with Crippen LogP contribution in [-0.2, 0) is 4.79 Å². The summed E-state index contributed by atoms with van der Waals surface area (Å²) in [6.07, 6.45) is 3.21. The Kier molecular flexibility index (Phi) is 6.20. The zero-order chi connectivity index (χ0) is 18.4. The maximum atomic E-state index is 12.2. The molecule has 26 heavy (non-hydrogen) atoms. The summed E-state index contributed by atoms with van der Waals surface area (Å²) in [6.45, 7) is 2.49. The minimum Gasteiger partial charge on any atom is -0.493 e. The number of thiazole rings is 1. The van der Waals surface area contributed by atoms with Crippen molar-refractivity contribution in [3.63, 3.8) is 0 Å². The minimum atomic E-state index is -0.235. The molecule has 3 rings (SSSR count). The fourth-order valence-electron chi connectivity index (χ4n) is 2.32. The standard InChI is InChI=1S/C20H17BrN2O2S/c1-2-25-18-10-9-16(21)12-15(18)8-11-19(24)23-20-22-17(13-26-20)14-6-4-3-5-7-14/h3-13H,2H2,1H3,(H,22,23,24). The first-order valence-corrected chi connectivity index (χ1v) is 9.75. The van der Waals surface area contributed by atoms with Crippen molar-refractivity contribution in [1.29, 1.82) is 0 Å². The number of nitrogens with zero attached hydrogens (tertiary/aromatic N) is 1. The summed E-state index contributed by atoms with van der Waals surface area (Å²) >= 11 is 4.83. The molecule has 2 aromatic carbocycles. The lowest BCUT2D eigenvalue weighted by Gasteiger charge is -2.07. The Morgan fingerprint density at radius 2 is 2.08 bits per heavy atom. The molecule has 6 heteroatoms. The van der Waals surface area contributed by atoms with E-state index in [1.807, 2.05) is 60.8 Å². The van der Waals surface area contributed by atoms with E-state index in [1.54, 1.807) is 6.08 Å². The van der Waals surface area contributed by atoms with Crippen molar-refractivity contribution < 1.29 is 9.53 Å². The van der Waals surface area contributed by atoms with Crippen molar-refractivity contribution in [2.24, 2.45) is 0 Å². The highest BCUT2D eigenvalue weighted by atomic mass is 79.9. The van der Waals surface area contributed by atoms with Crippen molar-refractivity contribution in [3.8, 4) is 17.0 Å². The quantitative estimate of drug-likeness (QED) is 0.518. The summed E-state index contributed by atoms with van der Waals surface area (Å²) in [5.41, 5.74) is 2.70. The molecule has 0 saturated heterocycles. The molecule has 0 saturated carbocycles. The van der Waals surface area contributed by atoms with Gasteiger partial charge in [-0.1, -0.05) is 46.3 Å². The number of ether oxygens (including phenoxy) is 1. The van der Waals surface area contributed by atoms with E-state index in [2.05, 4.69) is 26.2 Å². The predicted octanol–water partition coefficient (Wildman–Crippen LogP) is 5.62. The molecule has 4 nitrogen and oxygen atoms in total. The summed E-state index contributed by atoms with van der Waals surface area (Å²) < 4.78 is 6.51. The van der Waals surface area contributed by atoms with Gasteiger partial charge in [0.1, 0.15) is 5.75 Å². The number of rotatable bonds is 6. The number of nitrogens with one attached hydrogen (secondary N) is 1. The highest BCUT2D eigenvalue weighted by molar-refractivity contribution is 9.10. The first-order chi connectivity index (χ1) is 12.7. The van der Waals surface area contributed by atoms with Crippen LogP contribution in [0.2, 0.25) is 0 Å². The molecule has 0 unspecified atom stereocenters. The van der Waals surface area contributed by atoms with Crippen LogP contribution < -0.4 is 10.1 Å². The van der Waals surface area contributed by atoms with Crippen LogP contribution in [0.25, 0.3) is 17.3 Å². The van der Waals surface area contributed by atoms with Crippen LogP contribution in [0.4, 0.5) is 5.13 Å². The number of amides is 1. The van der Waals surface area contributed by atoms with Gasteiger partial charge >= 0.3 is 0 Å². The van der Waals surface area contributed by atoms with Crippen LogP contribution in [0.1, 0.15) is 12.5 Å². The monoisotopic (exact) mass is 428 g/mol. The lowest BCUT2D eigenvalue weighted by atomic mass is 10.2. The van der Waals surface area contributed by atoms with Gasteiger partial charge in [0.2, 0.25) is 5.91 Å². The molecule has 1 heterocycles. The summed E-state index contributed by atoms with van der Waals surface area (Å²) in [5.74, 6) is 0.502. The molecule has 0 aliphatic rings. The fourth-order valence-corrected chi connectivity index (χ4v) is 3.42. The van der Waals surface area contributed by atoms with E-state index in [-0.39, 0.29) is 5.91 Å². The molecular weight excluding hydrogens is 412 g/mol. The molecule has 132 valence electrons. The summed E-state index contributed by atoms with van der Waals surface area (Å²) in [7, 11) is 0. The van der Waals surface area contributed by atoms with E-state index in [9.17, 15) is 4.79 Å². The zero-order valence-corrected chi connectivity index (χ0v) is 16.5. The van der Waals surface area contributed by atoms with Crippen LogP contribution in [0.15, 0.2) is 64.5 Å². The van der Waals surface area contributed by atoms with Crippen LogP contribution in [-0.4, -0.2) is 17.5 Å². The van der Waals surface area contributed by atoms with Crippen molar-refractivity contribution in [1.82, 2.24) is 4.98 Å². The molecule has 0 fully saturated rings. The van der Waals surface area contributed by atoms with E-state index in [4.69, 9.17) is 4.74 Å².